The quantitative estimate of drug-likeness (QED) is 0.677. The third-order valence-electron chi connectivity index (χ3n) is 1.49. The zero-order chi connectivity index (χ0) is 8.27. The average molecular weight is 155 g/mol. The third kappa shape index (κ3) is 1.91. The topological polar surface area (TPSA) is 46.2 Å². The lowest BCUT2D eigenvalue weighted by molar-refractivity contribution is 0.436. The maximum Gasteiger partial charge on any atom is 0.115 e. The Kier molecular flexibility index (Phi) is 2.44. The molecule has 3 heteroatoms. The molecule has 0 aromatic heterocycles. The van der Waals surface area contributed by atoms with E-state index in [1.54, 1.807) is 12.1 Å². The number of nitrogens with two attached hydrogens (primary N) is 1. The van der Waals surface area contributed by atoms with Crippen LogP contribution >= 0.6 is 0 Å². The van der Waals surface area contributed by atoms with Crippen molar-refractivity contribution < 1.29 is 9.50 Å². The summed E-state index contributed by atoms with van der Waals surface area (Å²) in [5.41, 5.74) is 6.09. The molecule has 2 nitrogen and oxygen atoms in total. The van der Waals surface area contributed by atoms with Gasteiger partial charge >= 0.3 is 0 Å². The van der Waals surface area contributed by atoms with E-state index in [2.05, 4.69) is 0 Å². The van der Waals surface area contributed by atoms with Crippen LogP contribution in [0.5, 0.6) is 5.75 Å². The van der Waals surface area contributed by atoms with Crippen molar-refractivity contribution >= 4 is 0 Å². The van der Waals surface area contributed by atoms with Crippen molar-refractivity contribution in [3.8, 4) is 5.75 Å². The first-order valence-electron chi connectivity index (χ1n) is 3.34. The lowest BCUT2D eigenvalue weighted by Gasteiger charge is -2.05. The van der Waals surface area contributed by atoms with Crippen molar-refractivity contribution in [1.29, 1.82) is 0 Å². The van der Waals surface area contributed by atoms with E-state index in [1.807, 2.05) is 0 Å². The van der Waals surface area contributed by atoms with Gasteiger partial charge in [0.15, 0.2) is 0 Å². The van der Waals surface area contributed by atoms with E-state index in [-0.39, 0.29) is 5.75 Å². The molecule has 0 spiro atoms. The Labute approximate surface area is 64.5 Å². The monoisotopic (exact) mass is 155 g/mol. The molecule has 0 heterocycles. The van der Waals surface area contributed by atoms with E-state index < -0.39 is 12.7 Å². The number of rotatable bonds is 2. The largest absolute Gasteiger partial charge is 0.508 e. The standard InChI is InChI=1S/C8H10FNO/c9-5-8(10)6-1-3-7(11)4-2-6/h1-4,8,11H,5,10H2/t8-/m0/s1. The van der Waals surface area contributed by atoms with Crippen molar-refractivity contribution in [1.82, 2.24) is 0 Å². The lowest BCUT2D eigenvalue weighted by Crippen LogP contribution is -2.11. The molecule has 1 aromatic carbocycles. The van der Waals surface area contributed by atoms with Gasteiger partial charge in [-0.15, -0.1) is 0 Å². The molecule has 0 amide bonds. The number of hydrogen-bond donors (Lipinski definition) is 2. The maximum absolute atomic E-state index is 12.0. The van der Waals surface area contributed by atoms with Gasteiger partial charge in [-0.2, -0.15) is 0 Å². The zero-order valence-corrected chi connectivity index (χ0v) is 6.00. The molecule has 0 aliphatic rings. The van der Waals surface area contributed by atoms with E-state index in [9.17, 15) is 4.39 Å². The van der Waals surface area contributed by atoms with Crippen LogP contribution in [0.2, 0.25) is 0 Å². The highest BCUT2D eigenvalue weighted by molar-refractivity contribution is 5.27. The average Bonchev–Trinajstić information content (AvgIpc) is 2.05. The first-order valence-corrected chi connectivity index (χ1v) is 3.34. The highest BCUT2D eigenvalue weighted by Crippen LogP contribution is 2.14. The molecule has 1 aromatic rings. The Morgan fingerprint density at radius 1 is 1.36 bits per heavy atom. The van der Waals surface area contributed by atoms with Crippen LogP contribution in [0.3, 0.4) is 0 Å². The van der Waals surface area contributed by atoms with Crippen molar-refractivity contribution in [2.45, 2.75) is 6.04 Å². The molecule has 0 radical (unpaired) electrons. The van der Waals surface area contributed by atoms with E-state index in [0.29, 0.717) is 5.56 Å². The minimum atomic E-state index is -0.579. The number of phenols is 1. The van der Waals surface area contributed by atoms with Crippen LogP contribution in [0.1, 0.15) is 11.6 Å². The number of alkyl halides is 1. The summed E-state index contributed by atoms with van der Waals surface area (Å²) in [4.78, 5) is 0. The molecule has 0 fully saturated rings. The predicted molar refractivity (Wildman–Crippen MR) is 41.0 cm³/mol. The summed E-state index contributed by atoms with van der Waals surface area (Å²) in [5.74, 6) is 0.166. The molecule has 0 aliphatic heterocycles. The fourth-order valence-electron chi connectivity index (χ4n) is 0.811. The van der Waals surface area contributed by atoms with Crippen molar-refractivity contribution in [2.75, 3.05) is 6.67 Å². The molecule has 0 unspecified atom stereocenters. The minimum absolute atomic E-state index is 0.166. The van der Waals surface area contributed by atoms with Gasteiger partial charge in [0, 0.05) is 0 Å². The molecular weight excluding hydrogens is 145 g/mol. The Hall–Kier alpha value is -1.09. The van der Waals surface area contributed by atoms with Gasteiger partial charge in [-0.05, 0) is 17.7 Å². The molecule has 0 saturated carbocycles. The van der Waals surface area contributed by atoms with Gasteiger partial charge in [-0.1, -0.05) is 12.1 Å². The summed E-state index contributed by atoms with van der Waals surface area (Å²) in [7, 11) is 0. The van der Waals surface area contributed by atoms with Gasteiger partial charge in [0.25, 0.3) is 0 Å². The number of halogens is 1. The molecule has 0 bridgehead atoms. The summed E-state index contributed by atoms with van der Waals surface area (Å²) in [6.45, 7) is -0.579. The van der Waals surface area contributed by atoms with Gasteiger partial charge < -0.3 is 10.8 Å². The van der Waals surface area contributed by atoms with Crippen LogP contribution in [-0.2, 0) is 0 Å². The summed E-state index contributed by atoms with van der Waals surface area (Å²) >= 11 is 0. The Bertz CT molecular complexity index is 222. The van der Waals surface area contributed by atoms with Crippen LogP contribution in [0.4, 0.5) is 4.39 Å². The van der Waals surface area contributed by atoms with Crippen LogP contribution < -0.4 is 5.73 Å². The fraction of sp³-hybridized carbons (Fsp3) is 0.250. The fourth-order valence-corrected chi connectivity index (χ4v) is 0.811. The van der Waals surface area contributed by atoms with E-state index in [4.69, 9.17) is 10.8 Å². The summed E-state index contributed by atoms with van der Waals surface area (Å²) in [6.07, 6.45) is 0. The summed E-state index contributed by atoms with van der Waals surface area (Å²) in [5, 5.41) is 8.88. The third-order valence-corrected chi connectivity index (χ3v) is 1.49. The summed E-state index contributed by atoms with van der Waals surface area (Å²) in [6, 6.07) is 5.63. The van der Waals surface area contributed by atoms with E-state index in [1.165, 1.54) is 12.1 Å². The van der Waals surface area contributed by atoms with Gasteiger partial charge in [0.05, 0.1) is 6.04 Å². The summed E-state index contributed by atoms with van der Waals surface area (Å²) < 4.78 is 12.0. The number of hydrogen-bond acceptors (Lipinski definition) is 2. The Balaban J connectivity index is 2.81. The molecule has 3 N–H and O–H groups in total. The zero-order valence-electron chi connectivity index (χ0n) is 6.00. The SMILES string of the molecule is N[C@@H](CF)c1ccc(O)cc1. The smallest absolute Gasteiger partial charge is 0.115 e. The van der Waals surface area contributed by atoms with Crippen molar-refractivity contribution in [3.63, 3.8) is 0 Å². The molecule has 1 rings (SSSR count). The molecule has 1 atom stereocenters. The van der Waals surface area contributed by atoms with E-state index in [0.717, 1.165) is 0 Å². The first kappa shape index (κ1) is 8.01. The second-order valence-corrected chi connectivity index (χ2v) is 2.35. The highest BCUT2D eigenvalue weighted by atomic mass is 19.1. The van der Waals surface area contributed by atoms with Gasteiger partial charge in [0.2, 0.25) is 0 Å². The maximum atomic E-state index is 12.0. The molecule has 60 valence electrons. The second-order valence-electron chi connectivity index (χ2n) is 2.35. The van der Waals surface area contributed by atoms with Crippen LogP contribution in [0.25, 0.3) is 0 Å². The number of benzene rings is 1. The van der Waals surface area contributed by atoms with Crippen LogP contribution in [0.15, 0.2) is 24.3 Å². The number of aromatic hydroxyl groups is 1. The van der Waals surface area contributed by atoms with Crippen LogP contribution in [-0.4, -0.2) is 11.8 Å². The Morgan fingerprint density at radius 3 is 2.36 bits per heavy atom. The lowest BCUT2D eigenvalue weighted by atomic mass is 10.1. The first-order chi connectivity index (χ1) is 5.24. The van der Waals surface area contributed by atoms with Crippen molar-refractivity contribution in [2.24, 2.45) is 5.73 Å². The van der Waals surface area contributed by atoms with Crippen LogP contribution in [0, 0.1) is 0 Å². The van der Waals surface area contributed by atoms with E-state index >= 15 is 0 Å². The van der Waals surface area contributed by atoms with Gasteiger partial charge in [-0.3, -0.25) is 0 Å². The predicted octanol–water partition coefficient (Wildman–Crippen LogP) is 1.36. The molecule has 0 aliphatic carbocycles. The molecule has 0 saturated heterocycles. The Morgan fingerprint density at radius 2 is 1.91 bits per heavy atom. The second kappa shape index (κ2) is 3.34. The van der Waals surface area contributed by atoms with Crippen molar-refractivity contribution in [3.05, 3.63) is 29.8 Å². The molecule has 11 heavy (non-hydrogen) atoms. The minimum Gasteiger partial charge on any atom is -0.508 e. The highest BCUT2D eigenvalue weighted by Gasteiger charge is 2.03. The van der Waals surface area contributed by atoms with Gasteiger partial charge in [0.1, 0.15) is 12.4 Å². The van der Waals surface area contributed by atoms with Gasteiger partial charge in [-0.25, -0.2) is 4.39 Å². The number of phenolic OH excluding ortho intramolecular Hbond substituents is 1. The normalized spacial score (nSPS) is 12.9. The molecular formula is C8H10FNO.